The van der Waals surface area contributed by atoms with E-state index in [0.29, 0.717) is 12.3 Å². The van der Waals surface area contributed by atoms with Gasteiger partial charge in [-0.2, -0.15) is 5.10 Å². The maximum Gasteiger partial charge on any atom is 0.304 e. The van der Waals surface area contributed by atoms with Gasteiger partial charge in [0, 0.05) is 25.9 Å². The van der Waals surface area contributed by atoms with Gasteiger partial charge in [-0.05, 0) is 6.42 Å². The van der Waals surface area contributed by atoms with E-state index < -0.39 is 14.8 Å². The number of thiophene rings is 1. The van der Waals surface area contributed by atoms with Crippen LogP contribution in [0.25, 0.3) is 0 Å². The molecule has 0 aliphatic heterocycles. The Hall–Kier alpha value is -2.14. The molecule has 24 heavy (non-hydrogen) atoms. The number of sulfone groups is 1. The van der Waals surface area contributed by atoms with Crippen LogP contribution in [0.2, 0.25) is 0 Å². The van der Waals surface area contributed by atoms with Gasteiger partial charge in [0.25, 0.3) is 0 Å². The monoisotopic (exact) mass is 374 g/mol. The van der Waals surface area contributed by atoms with Gasteiger partial charge in [0.2, 0.25) is 5.88 Å². The maximum atomic E-state index is 11.6. The van der Waals surface area contributed by atoms with E-state index in [9.17, 15) is 18.5 Å². The van der Waals surface area contributed by atoms with Gasteiger partial charge in [-0.3, -0.25) is 10.1 Å². The number of hydrogen-bond acceptors (Lipinski definition) is 8. The third kappa shape index (κ3) is 3.51. The quantitative estimate of drug-likeness (QED) is 0.582. The van der Waals surface area contributed by atoms with Gasteiger partial charge in [0.05, 0.1) is 23.3 Å². The van der Waals surface area contributed by atoms with E-state index >= 15 is 0 Å². The number of anilines is 1. The van der Waals surface area contributed by atoms with Crippen LogP contribution in [0, 0.1) is 10.1 Å². The SMILES string of the molecule is CCc1nn(C)c(OC)c1CNc1sc(S(C)(=O)=O)cc1[N+](=O)[O-]. The number of methoxy groups -OCH3 is 1. The highest BCUT2D eigenvalue weighted by molar-refractivity contribution is 7.92. The Bertz CT molecular complexity index is 869. The molecule has 0 atom stereocenters. The zero-order valence-electron chi connectivity index (χ0n) is 13.7. The fourth-order valence-corrected chi connectivity index (χ4v) is 4.23. The Balaban J connectivity index is 2.36. The van der Waals surface area contributed by atoms with Gasteiger partial charge in [0.15, 0.2) is 14.8 Å². The zero-order chi connectivity index (χ0) is 18.1. The molecule has 2 heterocycles. The topological polar surface area (TPSA) is 116 Å². The Labute approximate surface area is 143 Å². The molecule has 0 aliphatic rings. The lowest BCUT2D eigenvalue weighted by atomic mass is 10.2. The minimum atomic E-state index is -3.51. The first-order chi connectivity index (χ1) is 11.2. The zero-order valence-corrected chi connectivity index (χ0v) is 15.3. The van der Waals surface area contributed by atoms with Gasteiger partial charge < -0.3 is 10.1 Å². The van der Waals surface area contributed by atoms with E-state index in [0.717, 1.165) is 34.9 Å². The maximum absolute atomic E-state index is 11.6. The van der Waals surface area contributed by atoms with Crippen molar-refractivity contribution in [3.05, 3.63) is 27.4 Å². The molecule has 0 unspecified atom stereocenters. The van der Waals surface area contributed by atoms with E-state index in [4.69, 9.17) is 4.74 Å². The van der Waals surface area contributed by atoms with Gasteiger partial charge in [0.1, 0.15) is 4.21 Å². The summed E-state index contributed by atoms with van der Waals surface area (Å²) in [6.45, 7) is 2.19. The predicted octanol–water partition coefficient (Wildman–Crippen LogP) is 1.98. The highest BCUT2D eigenvalue weighted by atomic mass is 32.2. The average molecular weight is 374 g/mol. The fraction of sp³-hybridized carbons (Fsp3) is 0.462. The number of ether oxygens (including phenoxy) is 1. The Kier molecular flexibility index (Phi) is 5.13. The molecule has 0 amide bonds. The van der Waals surface area contributed by atoms with Crippen molar-refractivity contribution in [2.75, 3.05) is 18.7 Å². The highest BCUT2D eigenvalue weighted by Crippen LogP contribution is 2.37. The first-order valence-electron chi connectivity index (χ1n) is 6.99. The number of rotatable bonds is 7. The summed E-state index contributed by atoms with van der Waals surface area (Å²) < 4.78 is 30.1. The number of nitrogens with zero attached hydrogens (tertiary/aromatic N) is 3. The van der Waals surface area contributed by atoms with Crippen molar-refractivity contribution in [3.63, 3.8) is 0 Å². The van der Waals surface area contributed by atoms with Crippen LogP contribution < -0.4 is 10.1 Å². The lowest BCUT2D eigenvalue weighted by Gasteiger charge is -2.07. The standard InChI is InChI=1S/C13H18N4O5S2/c1-5-9-8(13(22-3)16(2)15-9)7-14-12-10(17(18)19)6-11(23-12)24(4,20)21/h6,14H,5,7H2,1-4H3. The molecule has 0 aliphatic carbocycles. The summed E-state index contributed by atoms with van der Waals surface area (Å²) in [4.78, 5) is 10.6. The molecule has 2 aromatic rings. The average Bonchev–Trinajstić information content (AvgIpc) is 3.05. The molecule has 132 valence electrons. The summed E-state index contributed by atoms with van der Waals surface area (Å²) in [5.74, 6) is 0.557. The van der Waals surface area contributed by atoms with Crippen molar-refractivity contribution < 1.29 is 18.1 Å². The van der Waals surface area contributed by atoms with Crippen LogP contribution in [-0.4, -0.2) is 36.5 Å². The second kappa shape index (κ2) is 6.77. The molecule has 1 N–H and O–H groups in total. The third-order valence-corrected chi connectivity index (χ3v) is 6.26. The number of aryl methyl sites for hydroxylation is 2. The molecule has 0 radical (unpaired) electrons. The molecule has 0 aromatic carbocycles. The van der Waals surface area contributed by atoms with E-state index in [2.05, 4.69) is 10.4 Å². The molecule has 0 saturated carbocycles. The van der Waals surface area contributed by atoms with Crippen molar-refractivity contribution in [1.29, 1.82) is 0 Å². The summed E-state index contributed by atoms with van der Waals surface area (Å²) in [5.41, 5.74) is 1.33. The minimum Gasteiger partial charge on any atom is -0.481 e. The summed E-state index contributed by atoms with van der Waals surface area (Å²) >= 11 is 0.839. The van der Waals surface area contributed by atoms with Crippen LogP contribution in [0.5, 0.6) is 5.88 Å². The van der Waals surface area contributed by atoms with E-state index in [1.54, 1.807) is 11.7 Å². The predicted molar refractivity (Wildman–Crippen MR) is 90.5 cm³/mol. The van der Waals surface area contributed by atoms with Crippen LogP contribution in [0.1, 0.15) is 18.2 Å². The van der Waals surface area contributed by atoms with Crippen LogP contribution in [-0.2, 0) is 29.9 Å². The summed E-state index contributed by atoms with van der Waals surface area (Å²) in [5, 5.41) is 18.6. The normalized spacial score (nSPS) is 11.5. The molecule has 9 nitrogen and oxygen atoms in total. The number of nitro groups is 1. The van der Waals surface area contributed by atoms with Crippen molar-refractivity contribution in [2.45, 2.75) is 24.1 Å². The molecule has 0 fully saturated rings. The molecule has 2 aromatic heterocycles. The minimum absolute atomic E-state index is 0.0504. The van der Waals surface area contributed by atoms with Crippen LogP contribution in [0.4, 0.5) is 10.7 Å². The van der Waals surface area contributed by atoms with Gasteiger partial charge in [-0.15, -0.1) is 0 Å². The third-order valence-electron chi connectivity index (χ3n) is 3.38. The van der Waals surface area contributed by atoms with Crippen LogP contribution in [0.15, 0.2) is 10.3 Å². The van der Waals surface area contributed by atoms with Crippen LogP contribution in [0.3, 0.4) is 0 Å². The lowest BCUT2D eigenvalue weighted by molar-refractivity contribution is -0.383. The fourth-order valence-electron chi connectivity index (χ4n) is 2.30. The van der Waals surface area contributed by atoms with Gasteiger partial charge in [-0.1, -0.05) is 18.3 Å². The Morgan fingerprint density at radius 1 is 1.50 bits per heavy atom. The molecule has 0 saturated heterocycles. The van der Waals surface area contributed by atoms with Crippen molar-refractivity contribution in [3.8, 4) is 5.88 Å². The van der Waals surface area contributed by atoms with Gasteiger partial charge in [-0.25, -0.2) is 13.1 Å². The smallest absolute Gasteiger partial charge is 0.304 e. The first kappa shape index (κ1) is 18.2. The van der Waals surface area contributed by atoms with E-state index in [1.807, 2.05) is 6.92 Å². The molecule has 2 rings (SSSR count). The lowest BCUT2D eigenvalue weighted by Crippen LogP contribution is -2.03. The van der Waals surface area contributed by atoms with Crippen molar-refractivity contribution in [2.24, 2.45) is 7.05 Å². The molecule has 0 bridgehead atoms. The number of nitrogens with one attached hydrogen (secondary N) is 1. The highest BCUT2D eigenvalue weighted by Gasteiger charge is 2.24. The summed E-state index contributed by atoms with van der Waals surface area (Å²) in [6.07, 6.45) is 1.70. The van der Waals surface area contributed by atoms with Crippen molar-refractivity contribution >= 4 is 31.9 Å². The summed E-state index contributed by atoms with van der Waals surface area (Å²) in [6, 6.07) is 1.07. The molecule has 0 spiro atoms. The molecular formula is C13H18N4O5S2. The van der Waals surface area contributed by atoms with E-state index in [1.165, 1.54) is 7.11 Å². The Morgan fingerprint density at radius 2 is 2.17 bits per heavy atom. The summed E-state index contributed by atoms with van der Waals surface area (Å²) in [7, 11) is -0.240. The largest absolute Gasteiger partial charge is 0.481 e. The van der Waals surface area contributed by atoms with Gasteiger partial charge >= 0.3 is 5.69 Å². The number of hydrogen-bond donors (Lipinski definition) is 1. The van der Waals surface area contributed by atoms with Crippen molar-refractivity contribution in [1.82, 2.24) is 9.78 Å². The first-order valence-corrected chi connectivity index (χ1v) is 9.70. The van der Waals surface area contributed by atoms with E-state index in [-0.39, 0.29) is 21.4 Å². The second-order valence-electron chi connectivity index (χ2n) is 5.07. The molecular weight excluding hydrogens is 356 g/mol. The molecule has 11 heteroatoms. The Morgan fingerprint density at radius 3 is 2.67 bits per heavy atom. The second-order valence-corrected chi connectivity index (χ2v) is 8.37. The van der Waals surface area contributed by atoms with Crippen LogP contribution >= 0.6 is 11.3 Å². The number of aromatic nitrogens is 2.